The Balaban J connectivity index is 1.77. The van der Waals surface area contributed by atoms with E-state index in [-0.39, 0.29) is 11.6 Å². The summed E-state index contributed by atoms with van der Waals surface area (Å²) in [6.07, 6.45) is 0.748. The van der Waals surface area contributed by atoms with Crippen LogP contribution >= 0.6 is 15.9 Å². The average molecular weight is 464 g/mol. The fraction of sp³-hybridized carbons (Fsp3) is 0.217. The molecule has 0 radical (unpaired) electrons. The zero-order chi connectivity index (χ0) is 21.4. The summed E-state index contributed by atoms with van der Waals surface area (Å²) in [5, 5.41) is 16.3. The molecule has 0 aliphatic rings. The van der Waals surface area contributed by atoms with Gasteiger partial charge < -0.3 is 5.32 Å². The van der Waals surface area contributed by atoms with Gasteiger partial charge in [0.1, 0.15) is 0 Å². The number of nitrogens with zero attached hydrogens (tertiary/aromatic N) is 4. The number of halogens is 1. The molecule has 0 unspecified atom stereocenters. The number of anilines is 1. The van der Waals surface area contributed by atoms with Crippen LogP contribution in [-0.4, -0.2) is 25.7 Å². The molecule has 2 aromatic heterocycles. The highest BCUT2D eigenvalue weighted by molar-refractivity contribution is 9.10. The van der Waals surface area contributed by atoms with Crippen LogP contribution in [0.25, 0.3) is 16.8 Å². The summed E-state index contributed by atoms with van der Waals surface area (Å²) < 4.78 is 2.73. The number of amides is 1. The molecule has 4 rings (SSSR count). The lowest BCUT2D eigenvalue weighted by Crippen LogP contribution is -2.19. The fourth-order valence-electron chi connectivity index (χ4n) is 3.55. The van der Waals surface area contributed by atoms with Crippen LogP contribution in [-0.2, 0) is 6.42 Å². The number of nitrogens with one attached hydrogen (secondary N) is 1. The molecule has 0 saturated carbocycles. The number of rotatable bonds is 4. The van der Waals surface area contributed by atoms with E-state index in [1.54, 1.807) is 4.52 Å². The molecule has 0 saturated heterocycles. The molecule has 0 aliphatic carbocycles. The van der Waals surface area contributed by atoms with E-state index in [9.17, 15) is 4.79 Å². The number of aromatic nitrogens is 4. The van der Waals surface area contributed by atoms with Crippen molar-refractivity contribution in [2.45, 2.75) is 34.1 Å². The van der Waals surface area contributed by atoms with Gasteiger partial charge in [-0.25, -0.2) is 4.52 Å². The summed E-state index contributed by atoms with van der Waals surface area (Å²) in [5.74, 6) is -0.299. The third-order valence-electron chi connectivity index (χ3n) is 5.15. The highest BCUT2D eigenvalue weighted by atomic mass is 79.9. The topological polar surface area (TPSA) is 72.2 Å². The number of hydrogen-bond donors (Lipinski definition) is 1. The minimum Gasteiger partial charge on any atom is -0.320 e. The Morgan fingerprint density at radius 3 is 2.47 bits per heavy atom. The van der Waals surface area contributed by atoms with E-state index in [1.807, 2.05) is 63.2 Å². The summed E-state index contributed by atoms with van der Waals surface area (Å²) in [7, 11) is 0. The zero-order valence-corrected chi connectivity index (χ0v) is 18.9. The molecular weight excluding hydrogens is 442 g/mol. The van der Waals surface area contributed by atoms with Crippen molar-refractivity contribution in [2.24, 2.45) is 0 Å². The molecule has 0 bridgehead atoms. The van der Waals surface area contributed by atoms with Crippen LogP contribution in [0.3, 0.4) is 0 Å². The molecule has 4 aromatic rings. The van der Waals surface area contributed by atoms with Crippen molar-refractivity contribution in [3.63, 3.8) is 0 Å². The van der Waals surface area contributed by atoms with E-state index in [4.69, 9.17) is 5.10 Å². The Kier molecular flexibility index (Phi) is 5.39. The number of hydrogen-bond acceptors (Lipinski definition) is 4. The molecule has 0 fully saturated rings. The van der Waals surface area contributed by atoms with E-state index < -0.39 is 0 Å². The van der Waals surface area contributed by atoms with Gasteiger partial charge in [-0.3, -0.25) is 4.79 Å². The predicted molar refractivity (Wildman–Crippen MR) is 122 cm³/mol. The minimum absolute atomic E-state index is 0.259. The second-order valence-electron chi connectivity index (χ2n) is 7.32. The first-order valence-electron chi connectivity index (χ1n) is 9.78. The molecule has 2 heterocycles. The van der Waals surface area contributed by atoms with Crippen molar-refractivity contribution in [1.82, 2.24) is 19.8 Å². The van der Waals surface area contributed by atoms with E-state index >= 15 is 0 Å². The van der Waals surface area contributed by atoms with Crippen LogP contribution in [0.1, 0.15) is 39.9 Å². The Morgan fingerprint density at radius 2 is 1.80 bits per heavy atom. The highest BCUT2D eigenvalue weighted by Crippen LogP contribution is 2.29. The SMILES string of the molecule is CCc1nn2c(C)c(C(=O)Nc3ccc(C)cc3C)nnc2c1-c1ccc(Br)cc1. The standard InChI is InChI=1S/C23H22BrN5O/c1-5-18-20(16-7-9-17(24)10-8-16)22-27-26-21(15(4)29(22)28-18)23(30)25-19-11-6-13(2)12-14(19)3/h6-12H,5H2,1-4H3,(H,25,30). The van der Waals surface area contributed by atoms with Gasteiger partial charge in [0.25, 0.3) is 5.91 Å². The summed E-state index contributed by atoms with van der Waals surface area (Å²) in [4.78, 5) is 12.9. The summed E-state index contributed by atoms with van der Waals surface area (Å²) in [6, 6.07) is 13.9. The smallest absolute Gasteiger partial charge is 0.278 e. The Hall–Kier alpha value is -3.06. The predicted octanol–water partition coefficient (Wildman–Crippen LogP) is 5.29. The van der Waals surface area contributed by atoms with Gasteiger partial charge in [-0.2, -0.15) is 5.10 Å². The Morgan fingerprint density at radius 1 is 1.07 bits per heavy atom. The van der Waals surface area contributed by atoms with Gasteiger partial charge in [0.15, 0.2) is 11.3 Å². The molecule has 0 atom stereocenters. The number of fused-ring (bicyclic) bond motifs is 1. The van der Waals surface area contributed by atoms with Crippen LogP contribution in [0.4, 0.5) is 5.69 Å². The molecule has 1 N–H and O–H groups in total. The number of carbonyl (C=O) groups excluding carboxylic acids is 1. The number of benzene rings is 2. The highest BCUT2D eigenvalue weighted by Gasteiger charge is 2.21. The largest absolute Gasteiger partial charge is 0.320 e. The van der Waals surface area contributed by atoms with Crippen molar-refractivity contribution in [3.05, 3.63) is 75.1 Å². The number of carbonyl (C=O) groups is 1. The first-order chi connectivity index (χ1) is 14.4. The molecule has 0 aliphatic heterocycles. The lowest BCUT2D eigenvalue weighted by molar-refractivity contribution is 0.102. The fourth-order valence-corrected chi connectivity index (χ4v) is 3.82. The van der Waals surface area contributed by atoms with E-state index in [2.05, 4.69) is 38.4 Å². The molecule has 30 heavy (non-hydrogen) atoms. The van der Waals surface area contributed by atoms with Crippen LogP contribution in [0.5, 0.6) is 0 Å². The second kappa shape index (κ2) is 7.99. The zero-order valence-electron chi connectivity index (χ0n) is 17.3. The molecule has 2 aromatic carbocycles. The normalized spacial score (nSPS) is 11.1. The molecule has 0 spiro atoms. The monoisotopic (exact) mass is 463 g/mol. The first-order valence-corrected chi connectivity index (χ1v) is 10.6. The lowest BCUT2D eigenvalue weighted by Gasteiger charge is -2.10. The van der Waals surface area contributed by atoms with Crippen LogP contribution in [0, 0.1) is 20.8 Å². The number of aryl methyl sites for hydroxylation is 4. The van der Waals surface area contributed by atoms with E-state index in [1.165, 1.54) is 0 Å². The van der Waals surface area contributed by atoms with Crippen molar-refractivity contribution < 1.29 is 4.79 Å². The van der Waals surface area contributed by atoms with Crippen LogP contribution in [0.15, 0.2) is 46.9 Å². The first kappa shape index (κ1) is 20.2. The maximum atomic E-state index is 12.9. The quantitative estimate of drug-likeness (QED) is 0.445. The van der Waals surface area contributed by atoms with E-state index in [0.717, 1.165) is 44.5 Å². The average Bonchev–Trinajstić information content (AvgIpc) is 3.10. The van der Waals surface area contributed by atoms with Gasteiger partial charge in [0, 0.05) is 10.2 Å². The van der Waals surface area contributed by atoms with Gasteiger partial charge in [-0.15, -0.1) is 10.2 Å². The van der Waals surface area contributed by atoms with Gasteiger partial charge >= 0.3 is 0 Å². The van der Waals surface area contributed by atoms with Gasteiger partial charge in [-0.05, 0) is 56.5 Å². The van der Waals surface area contributed by atoms with Crippen molar-refractivity contribution in [2.75, 3.05) is 5.32 Å². The summed E-state index contributed by atoms with van der Waals surface area (Å²) in [6.45, 7) is 7.89. The second-order valence-corrected chi connectivity index (χ2v) is 8.24. The van der Waals surface area contributed by atoms with Crippen molar-refractivity contribution in [1.29, 1.82) is 0 Å². The van der Waals surface area contributed by atoms with Crippen LogP contribution < -0.4 is 5.32 Å². The molecular formula is C23H22BrN5O. The third kappa shape index (κ3) is 3.61. The van der Waals surface area contributed by atoms with Crippen molar-refractivity contribution in [3.8, 4) is 11.1 Å². The molecule has 7 heteroatoms. The van der Waals surface area contributed by atoms with Gasteiger partial charge in [-0.1, -0.05) is 52.7 Å². The van der Waals surface area contributed by atoms with Gasteiger partial charge in [0.2, 0.25) is 0 Å². The molecule has 6 nitrogen and oxygen atoms in total. The minimum atomic E-state index is -0.299. The summed E-state index contributed by atoms with van der Waals surface area (Å²) in [5.41, 5.74) is 7.35. The lowest BCUT2D eigenvalue weighted by atomic mass is 10.0. The molecule has 152 valence electrons. The molecule has 1 amide bonds. The van der Waals surface area contributed by atoms with Gasteiger partial charge in [0.05, 0.1) is 17.0 Å². The Labute approximate surface area is 183 Å². The van der Waals surface area contributed by atoms with Crippen LogP contribution in [0.2, 0.25) is 0 Å². The van der Waals surface area contributed by atoms with Crippen molar-refractivity contribution >= 4 is 33.2 Å². The summed E-state index contributed by atoms with van der Waals surface area (Å²) >= 11 is 3.47. The third-order valence-corrected chi connectivity index (χ3v) is 5.68. The van der Waals surface area contributed by atoms with E-state index in [0.29, 0.717) is 11.3 Å². The maximum absolute atomic E-state index is 12.9. The Bertz CT molecular complexity index is 1260. The maximum Gasteiger partial charge on any atom is 0.278 e.